The number of rotatable bonds is 3. The number of carbonyl (C=O) groups excluding carboxylic acids is 1. The molecule has 0 bridgehead atoms. The van der Waals surface area contributed by atoms with Crippen molar-refractivity contribution in [1.82, 2.24) is 4.98 Å². The molecule has 2 rings (SSSR count). The fraction of sp³-hybridized carbons (Fsp3) is 0. The van der Waals surface area contributed by atoms with Crippen molar-refractivity contribution in [2.24, 2.45) is 0 Å². The van der Waals surface area contributed by atoms with Crippen molar-refractivity contribution >= 4 is 35.2 Å². The molecule has 96 valence electrons. The molecule has 0 fully saturated rings. The maximum Gasteiger partial charge on any atom is 0.278 e. The highest BCUT2D eigenvalue weighted by Crippen LogP contribution is 2.33. The van der Waals surface area contributed by atoms with Gasteiger partial charge in [0.1, 0.15) is 5.15 Å². The van der Waals surface area contributed by atoms with Crippen molar-refractivity contribution in [3.05, 3.63) is 56.2 Å². The summed E-state index contributed by atoms with van der Waals surface area (Å²) >= 11 is 11.6. The van der Waals surface area contributed by atoms with Crippen LogP contribution in [0.2, 0.25) is 10.2 Å². The molecule has 0 unspecified atom stereocenters. The summed E-state index contributed by atoms with van der Waals surface area (Å²) in [4.78, 5) is 25.4. The number of hydrogen-bond acceptors (Lipinski definition) is 4. The van der Waals surface area contributed by atoms with E-state index in [9.17, 15) is 14.9 Å². The van der Waals surface area contributed by atoms with Crippen LogP contribution in [0.25, 0.3) is 11.3 Å². The van der Waals surface area contributed by atoms with Gasteiger partial charge in [-0.1, -0.05) is 23.2 Å². The number of nitro benzene ring substituents is 1. The number of nitrogens with zero attached hydrogens (tertiary/aromatic N) is 2. The molecule has 0 radical (unpaired) electrons. The van der Waals surface area contributed by atoms with E-state index in [1.807, 2.05) is 0 Å². The maximum atomic E-state index is 11.0. The van der Waals surface area contributed by atoms with E-state index in [1.54, 1.807) is 0 Å². The van der Waals surface area contributed by atoms with Gasteiger partial charge in [-0.2, -0.15) is 0 Å². The highest BCUT2D eigenvalue weighted by molar-refractivity contribution is 6.31. The number of aldehydes is 1. The summed E-state index contributed by atoms with van der Waals surface area (Å²) < 4.78 is 0. The summed E-state index contributed by atoms with van der Waals surface area (Å²) in [5.41, 5.74) is 0.302. The number of aromatic nitrogens is 1. The van der Waals surface area contributed by atoms with Gasteiger partial charge in [-0.15, -0.1) is 0 Å². The van der Waals surface area contributed by atoms with Crippen LogP contribution in [0.3, 0.4) is 0 Å². The van der Waals surface area contributed by atoms with Crippen LogP contribution in [0.5, 0.6) is 0 Å². The molecule has 2 aromatic rings. The van der Waals surface area contributed by atoms with Crippen molar-refractivity contribution in [1.29, 1.82) is 0 Å². The first-order valence-electron chi connectivity index (χ1n) is 5.09. The molecule has 0 saturated heterocycles. The van der Waals surface area contributed by atoms with E-state index in [0.717, 1.165) is 0 Å². The predicted molar refractivity (Wildman–Crippen MR) is 71.7 cm³/mol. The van der Waals surface area contributed by atoms with Gasteiger partial charge < -0.3 is 0 Å². The highest BCUT2D eigenvalue weighted by atomic mass is 35.5. The molecule has 5 nitrogen and oxygen atoms in total. The van der Waals surface area contributed by atoms with Crippen LogP contribution in [-0.2, 0) is 0 Å². The average Bonchev–Trinajstić information content (AvgIpc) is 2.38. The second-order valence-corrected chi connectivity index (χ2v) is 4.43. The van der Waals surface area contributed by atoms with E-state index < -0.39 is 4.92 Å². The second-order valence-electron chi connectivity index (χ2n) is 3.61. The number of halogens is 2. The summed E-state index contributed by atoms with van der Waals surface area (Å²) in [6.45, 7) is 0. The van der Waals surface area contributed by atoms with Gasteiger partial charge in [0.15, 0.2) is 6.29 Å². The van der Waals surface area contributed by atoms with Crippen LogP contribution in [-0.4, -0.2) is 16.2 Å². The maximum absolute atomic E-state index is 11.0. The van der Waals surface area contributed by atoms with E-state index in [-0.39, 0.29) is 27.7 Å². The Hall–Kier alpha value is -1.98. The van der Waals surface area contributed by atoms with Gasteiger partial charge in [0.05, 0.1) is 16.2 Å². The van der Waals surface area contributed by atoms with E-state index >= 15 is 0 Å². The van der Waals surface area contributed by atoms with Gasteiger partial charge in [-0.25, -0.2) is 4.98 Å². The smallest absolute Gasteiger partial charge is 0.278 e. The number of carbonyl (C=O) groups is 1. The van der Waals surface area contributed by atoms with Gasteiger partial charge in [-0.05, 0) is 24.3 Å². The van der Waals surface area contributed by atoms with Crippen molar-refractivity contribution < 1.29 is 9.72 Å². The third-order valence-electron chi connectivity index (χ3n) is 2.43. The number of benzene rings is 1. The van der Waals surface area contributed by atoms with Crippen LogP contribution >= 0.6 is 23.2 Å². The molecule has 0 aliphatic heterocycles. The molecule has 0 spiro atoms. The third-order valence-corrected chi connectivity index (χ3v) is 2.88. The summed E-state index contributed by atoms with van der Waals surface area (Å²) in [7, 11) is 0. The fourth-order valence-electron chi connectivity index (χ4n) is 1.61. The largest absolute Gasteiger partial charge is 0.298 e. The quantitative estimate of drug-likeness (QED) is 0.374. The summed E-state index contributed by atoms with van der Waals surface area (Å²) in [6.07, 6.45) is 0.559. The molecule has 1 aromatic heterocycles. The van der Waals surface area contributed by atoms with Gasteiger partial charge in [0.2, 0.25) is 0 Å². The minimum atomic E-state index is -0.567. The van der Waals surface area contributed by atoms with Crippen molar-refractivity contribution in [3.63, 3.8) is 0 Å². The van der Waals surface area contributed by atoms with E-state index in [1.165, 1.54) is 30.3 Å². The molecule has 7 heteroatoms. The summed E-state index contributed by atoms with van der Waals surface area (Å²) in [5, 5.41) is 11.4. The zero-order chi connectivity index (χ0) is 14.0. The van der Waals surface area contributed by atoms with Gasteiger partial charge >= 0.3 is 0 Å². The first-order valence-corrected chi connectivity index (χ1v) is 5.84. The van der Waals surface area contributed by atoms with Gasteiger partial charge in [0.25, 0.3) is 5.69 Å². The Morgan fingerprint density at radius 3 is 2.58 bits per heavy atom. The molecule has 0 aliphatic carbocycles. The lowest BCUT2D eigenvalue weighted by atomic mass is 10.0. The topological polar surface area (TPSA) is 73.1 Å². The van der Waals surface area contributed by atoms with Crippen LogP contribution in [0.4, 0.5) is 5.69 Å². The number of pyridine rings is 1. The normalized spacial score (nSPS) is 10.2. The van der Waals surface area contributed by atoms with Crippen LogP contribution in [0.15, 0.2) is 30.3 Å². The first-order chi connectivity index (χ1) is 9.02. The van der Waals surface area contributed by atoms with E-state index in [0.29, 0.717) is 11.3 Å². The molecular formula is C12H6Cl2N2O3. The lowest BCUT2D eigenvalue weighted by Crippen LogP contribution is -1.97. The van der Waals surface area contributed by atoms with Gasteiger partial charge in [0, 0.05) is 16.7 Å². The Morgan fingerprint density at radius 1 is 1.21 bits per heavy atom. The molecule has 19 heavy (non-hydrogen) atoms. The van der Waals surface area contributed by atoms with Crippen molar-refractivity contribution in [3.8, 4) is 11.3 Å². The zero-order valence-corrected chi connectivity index (χ0v) is 10.9. The Bertz CT molecular complexity index is 674. The SMILES string of the molecule is O=Cc1ccc(Cl)nc1-c1cc(Cl)ccc1[N+](=O)[O-]. The third kappa shape index (κ3) is 2.72. The Morgan fingerprint density at radius 2 is 1.95 bits per heavy atom. The lowest BCUT2D eigenvalue weighted by Gasteiger charge is -2.06. The monoisotopic (exact) mass is 296 g/mol. The molecule has 0 amide bonds. The van der Waals surface area contributed by atoms with Crippen LogP contribution in [0, 0.1) is 10.1 Å². The van der Waals surface area contributed by atoms with Crippen LogP contribution in [0.1, 0.15) is 10.4 Å². The Labute approximate surface area is 117 Å². The molecular weight excluding hydrogens is 291 g/mol. The Kier molecular flexibility index (Phi) is 3.78. The second kappa shape index (κ2) is 5.34. The minimum Gasteiger partial charge on any atom is -0.298 e. The van der Waals surface area contributed by atoms with E-state index in [4.69, 9.17) is 23.2 Å². The molecule has 0 saturated carbocycles. The zero-order valence-electron chi connectivity index (χ0n) is 9.34. The van der Waals surface area contributed by atoms with Gasteiger partial charge in [-0.3, -0.25) is 14.9 Å². The fourth-order valence-corrected chi connectivity index (χ4v) is 1.93. The number of hydrogen-bond donors (Lipinski definition) is 0. The standard InChI is InChI=1S/C12H6Cl2N2O3/c13-8-2-3-10(16(18)19)9(5-8)12-7(6-17)1-4-11(14)15-12/h1-6H. The van der Waals surface area contributed by atoms with Crippen molar-refractivity contribution in [2.75, 3.05) is 0 Å². The highest BCUT2D eigenvalue weighted by Gasteiger charge is 2.19. The minimum absolute atomic E-state index is 0.134. The summed E-state index contributed by atoms with van der Waals surface area (Å²) in [5.74, 6) is 0. The average molecular weight is 297 g/mol. The Balaban J connectivity index is 2.77. The van der Waals surface area contributed by atoms with Crippen molar-refractivity contribution in [2.45, 2.75) is 0 Å². The van der Waals surface area contributed by atoms with Crippen LogP contribution < -0.4 is 0 Å². The lowest BCUT2D eigenvalue weighted by molar-refractivity contribution is -0.384. The molecule has 0 N–H and O–H groups in total. The predicted octanol–water partition coefficient (Wildman–Crippen LogP) is 3.78. The molecule has 0 atom stereocenters. The molecule has 1 heterocycles. The summed E-state index contributed by atoms with van der Waals surface area (Å²) in [6, 6.07) is 6.92. The molecule has 1 aromatic carbocycles. The first kappa shape index (κ1) is 13.5. The molecule has 0 aliphatic rings. The number of nitro groups is 1. The van der Waals surface area contributed by atoms with E-state index in [2.05, 4.69) is 4.98 Å².